The molecule has 92 valence electrons. The van der Waals surface area contributed by atoms with Gasteiger partial charge in [-0.25, -0.2) is 8.42 Å². The van der Waals surface area contributed by atoms with E-state index in [2.05, 4.69) is 26.6 Å². The van der Waals surface area contributed by atoms with Gasteiger partial charge in [0, 0.05) is 11.0 Å². The first-order valence-corrected chi connectivity index (χ1v) is 7.29. The number of rotatable bonds is 2. The predicted molar refractivity (Wildman–Crippen MR) is 67.7 cm³/mol. The van der Waals surface area contributed by atoms with E-state index in [1.165, 1.54) is 6.07 Å². The van der Waals surface area contributed by atoms with Gasteiger partial charge in [-0.2, -0.15) is 0 Å². The van der Waals surface area contributed by atoms with Crippen LogP contribution in [0.15, 0.2) is 27.6 Å². The van der Waals surface area contributed by atoms with Crippen LogP contribution in [0.2, 0.25) is 0 Å². The lowest BCUT2D eigenvalue weighted by Crippen LogP contribution is -2.45. The summed E-state index contributed by atoms with van der Waals surface area (Å²) in [6, 6.07) is 4.72. The second-order valence-electron chi connectivity index (χ2n) is 3.72. The Morgan fingerprint density at radius 3 is 2.82 bits per heavy atom. The molecule has 1 aromatic rings. The van der Waals surface area contributed by atoms with E-state index in [0.29, 0.717) is 5.69 Å². The van der Waals surface area contributed by atoms with Crippen LogP contribution < -0.4 is 10.6 Å². The number of sulfone groups is 1. The Morgan fingerprint density at radius 1 is 1.47 bits per heavy atom. The second kappa shape index (κ2) is 4.40. The minimum atomic E-state index is -3.61. The van der Waals surface area contributed by atoms with Gasteiger partial charge in [0.05, 0.1) is 10.6 Å². The molecule has 1 atom stereocenters. The molecule has 0 aliphatic carbocycles. The zero-order valence-electron chi connectivity index (χ0n) is 9.03. The van der Waals surface area contributed by atoms with Gasteiger partial charge in [0.2, 0.25) is 5.91 Å². The van der Waals surface area contributed by atoms with Crippen molar-refractivity contribution in [3.63, 3.8) is 0 Å². The van der Waals surface area contributed by atoms with Gasteiger partial charge in [0.15, 0.2) is 15.1 Å². The first-order chi connectivity index (χ1) is 7.96. The maximum absolute atomic E-state index is 12.2. The molecule has 7 heteroatoms. The Kier molecular flexibility index (Phi) is 3.24. The molecule has 2 rings (SSSR count). The van der Waals surface area contributed by atoms with E-state index < -0.39 is 21.0 Å². The minimum Gasteiger partial charge on any atom is -0.324 e. The number of nitrogens with one attached hydrogen (secondary N) is 2. The van der Waals surface area contributed by atoms with Crippen molar-refractivity contribution < 1.29 is 13.2 Å². The number of anilines is 1. The molecule has 0 spiro atoms. The molecule has 0 saturated carbocycles. The van der Waals surface area contributed by atoms with Crippen LogP contribution in [0.1, 0.15) is 0 Å². The molecule has 0 radical (unpaired) electrons. The maximum atomic E-state index is 12.2. The van der Waals surface area contributed by atoms with E-state index >= 15 is 0 Å². The van der Waals surface area contributed by atoms with Crippen LogP contribution in [0.25, 0.3) is 0 Å². The Labute approximate surface area is 108 Å². The molecule has 0 bridgehead atoms. The molecule has 0 aromatic heterocycles. The van der Waals surface area contributed by atoms with Gasteiger partial charge in [-0.15, -0.1) is 0 Å². The van der Waals surface area contributed by atoms with Crippen LogP contribution in [0.5, 0.6) is 0 Å². The largest absolute Gasteiger partial charge is 0.324 e. The fourth-order valence-corrected chi connectivity index (χ4v) is 3.81. The van der Waals surface area contributed by atoms with Crippen molar-refractivity contribution in [2.75, 3.05) is 18.9 Å². The summed E-state index contributed by atoms with van der Waals surface area (Å²) in [7, 11) is -2.00. The van der Waals surface area contributed by atoms with E-state index in [1.807, 2.05) is 0 Å². The zero-order valence-corrected chi connectivity index (χ0v) is 11.4. The topological polar surface area (TPSA) is 75.3 Å². The summed E-state index contributed by atoms with van der Waals surface area (Å²) in [5, 5.41) is 4.25. The number of halogens is 1. The highest BCUT2D eigenvalue weighted by atomic mass is 79.9. The van der Waals surface area contributed by atoms with Crippen molar-refractivity contribution in [1.82, 2.24) is 5.32 Å². The lowest BCUT2D eigenvalue weighted by atomic mass is 10.3. The molecular formula is C10H11BrN2O3S. The summed E-state index contributed by atoms with van der Waals surface area (Å²) in [6.45, 7) is 0.101. The molecule has 0 fully saturated rings. The lowest BCUT2D eigenvalue weighted by Gasteiger charge is -2.24. The van der Waals surface area contributed by atoms with Gasteiger partial charge < -0.3 is 10.6 Å². The van der Waals surface area contributed by atoms with Crippen molar-refractivity contribution in [3.05, 3.63) is 22.7 Å². The summed E-state index contributed by atoms with van der Waals surface area (Å²) >= 11 is 3.24. The SMILES string of the molecule is CNCC1C(=O)Nc2cc(Br)ccc2S1(=O)=O. The molecule has 2 N–H and O–H groups in total. The van der Waals surface area contributed by atoms with Crippen LogP contribution in [-0.4, -0.2) is 33.2 Å². The van der Waals surface area contributed by atoms with Crippen LogP contribution in [0.4, 0.5) is 5.69 Å². The van der Waals surface area contributed by atoms with Gasteiger partial charge in [-0.3, -0.25) is 4.79 Å². The summed E-state index contributed by atoms with van der Waals surface area (Å²) in [5.74, 6) is -0.495. The Bertz CT molecular complexity index is 571. The normalized spacial score (nSPS) is 21.8. The van der Waals surface area contributed by atoms with Crippen molar-refractivity contribution in [3.8, 4) is 0 Å². The fourth-order valence-electron chi connectivity index (χ4n) is 1.74. The molecule has 1 heterocycles. The monoisotopic (exact) mass is 318 g/mol. The Balaban J connectivity index is 2.58. The van der Waals surface area contributed by atoms with Crippen LogP contribution in [-0.2, 0) is 14.6 Å². The zero-order chi connectivity index (χ0) is 12.6. The molecule has 1 unspecified atom stereocenters. The number of fused-ring (bicyclic) bond motifs is 1. The third-order valence-electron chi connectivity index (χ3n) is 2.56. The van der Waals surface area contributed by atoms with E-state index in [1.54, 1.807) is 19.2 Å². The summed E-state index contributed by atoms with van der Waals surface area (Å²) in [5.41, 5.74) is 0.330. The summed E-state index contributed by atoms with van der Waals surface area (Å²) < 4.78 is 25.1. The molecule has 1 amide bonds. The molecule has 1 aliphatic heterocycles. The maximum Gasteiger partial charge on any atom is 0.244 e. The van der Waals surface area contributed by atoms with Crippen molar-refractivity contribution in [2.24, 2.45) is 0 Å². The minimum absolute atomic E-state index is 0.101. The van der Waals surface area contributed by atoms with Gasteiger partial charge in [-0.1, -0.05) is 15.9 Å². The van der Waals surface area contributed by atoms with Gasteiger partial charge >= 0.3 is 0 Å². The Morgan fingerprint density at radius 2 is 2.18 bits per heavy atom. The molecular weight excluding hydrogens is 308 g/mol. The van der Waals surface area contributed by atoms with E-state index in [0.717, 1.165) is 4.47 Å². The smallest absolute Gasteiger partial charge is 0.244 e. The van der Waals surface area contributed by atoms with E-state index in [4.69, 9.17) is 0 Å². The number of carbonyl (C=O) groups is 1. The number of carbonyl (C=O) groups excluding carboxylic acids is 1. The highest BCUT2D eigenvalue weighted by Crippen LogP contribution is 2.32. The first-order valence-electron chi connectivity index (χ1n) is 4.95. The number of hydrogen-bond acceptors (Lipinski definition) is 4. The Hall–Kier alpha value is -0.920. The molecule has 17 heavy (non-hydrogen) atoms. The van der Waals surface area contributed by atoms with Crippen LogP contribution >= 0.6 is 15.9 Å². The third kappa shape index (κ3) is 2.10. The molecule has 0 saturated heterocycles. The first kappa shape index (κ1) is 12.5. The molecule has 5 nitrogen and oxygen atoms in total. The van der Waals surface area contributed by atoms with Gasteiger partial charge in [-0.05, 0) is 25.2 Å². The van der Waals surface area contributed by atoms with Crippen molar-refractivity contribution in [1.29, 1.82) is 0 Å². The lowest BCUT2D eigenvalue weighted by molar-refractivity contribution is -0.115. The van der Waals surface area contributed by atoms with Gasteiger partial charge in [0.25, 0.3) is 0 Å². The predicted octanol–water partition coefficient (Wildman–Crippen LogP) is 0.763. The number of hydrogen-bond donors (Lipinski definition) is 2. The number of amides is 1. The highest BCUT2D eigenvalue weighted by Gasteiger charge is 2.39. The number of benzene rings is 1. The van der Waals surface area contributed by atoms with Crippen molar-refractivity contribution >= 4 is 37.4 Å². The van der Waals surface area contributed by atoms with Crippen molar-refractivity contribution in [2.45, 2.75) is 10.1 Å². The van der Waals surface area contributed by atoms with E-state index in [-0.39, 0.29) is 11.4 Å². The quantitative estimate of drug-likeness (QED) is 0.844. The van der Waals surface area contributed by atoms with Gasteiger partial charge in [0.1, 0.15) is 0 Å². The molecule has 1 aromatic carbocycles. The summed E-state index contributed by atoms with van der Waals surface area (Å²) in [6.07, 6.45) is 0. The van der Waals surface area contributed by atoms with E-state index in [9.17, 15) is 13.2 Å². The van der Waals surface area contributed by atoms with Crippen LogP contribution in [0, 0.1) is 0 Å². The average molecular weight is 319 g/mol. The average Bonchev–Trinajstić information content (AvgIpc) is 2.23. The summed E-state index contributed by atoms with van der Waals surface area (Å²) in [4.78, 5) is 11.9. The van der Waals surface area contributed by atoms with Crippen LogP contribution in [0.3, 0.4) is 0 Å². The third-order valence-corrected chi connectivity index (χ3v) is 5.15. The molecule has 1 aliphatic rings. The highest BCUT2D eigenvalue weighted by molar-refractivity contribution is 9.10. The second-order valence-corrected chi connectivity index (χ2v) is 6.74. The fraction of sp³-hybridized carbons (Fsp3) is 0.300. The standard InChI is InChI=1S/C10H11BrN2O3S/c1-12-5-9-10(14)13-7-4-6(11)2-3-8(7)17(9,15)16/h2-4,9,12H,5H2,1H3,(H,13,14).